The van der Waals surface area contributed by atoms with Crippen molar-refractivity contribution in [2.24, 2.45) is 4.99 Å². The minimum atomic E-state index is -2.90. The number of hydrogen-bond acceptors (Lipinski definition) is 7. The fraction of sp³-hybridized carbons (Fsp3) is 0.833. The highest BCUT2D eigenvalue weighted by atomic mass is 127. The van der Waals surface area contributed by atoms with Crippen LogP contribution < -0.4 is 10.6 Å². The van der Waals surface area contributed by atoms with Gasteiger partial charge in [0, 0.05) is 50.8 Å². The highest BCUT2D eigenvalue weighted by Gasteiger charge is 2.20. The van der Waals surface area contributed by atoms with Gasteiger partial charge in [0.1, 0.15) is 9.84 Å². The predicted molar refractivity (Wildman–Crippen MR) is 126 cm³/mol. The van der Waals surface area contributed by atoms with Gasteiger partial charge in [-0.25, -0.2) is 8.42 Å². The fourth-order valence-corrected chi connectivity index (χ4v) is 3.57. The summed E-state index contributed by atoms with van der Waals surface area (Å²) < 4.78 is 27.9. The molecule has 1 fully saturated rings. The Kier molecular flexibility index (Phi) is 11.4. The summed E-state index contributed by atoms with van der Waals surface area (Å²) in [6.45, 7) is 9.87. The zero-order valence-corrected chi connectivity index (χ0v) is 21.0. The van der Waals surface area contributed by atoms with Gasteiger partial charge in [-0.2, -0.15) is 4.98 Å². The van der Waals surface area contributed by atoms with E-state index >= 15 is 0 Å². The largest absolute Gasteiger partial charge is 0.357 e. The van der Waals surface area contributed by atoms with Gasteiger partial charge in [-0.05, 0) is 19.8 Å². The molecule has 11 heteroatoms. The molecular weight excluding hydrogens is 507 g/mol. The van der Waals surface area contributed by atoms with Crippen molar-refractivity contribution >= 4 is 39.8 Å². The third-order valence-corrected chi connectivity index (χ3v) is 5.57. The number of rotatable bonds is 9. The zero-order chi connectivity index (χ0) is 20.6. The van der Waals surface area contributed by atoms with E-state index in [1.54, 1.807) is 0 Å². The number of halogens is 1. The molecule has 29 heavy (non-hydrogen) atoms. The molecule has 0 spiro atoms. The first kappa shape index (κ1) is 26.1. The molecule has 1 aromatic heterocycles. The van der Waals surface area contributed by atoms with E-state index in [1.807, 2.05) is 20.8 Å². The van der Waals surface area contributed by atoms with Gasteiger partial charge >= 0.3 is 0 Å². The summed E-state index contributed by atoms with van der Waals surface area (Å²) in [5.41, 5.74) is 0. The number of nitrogens with zero attached hydrogens (tertiary/aromatic N) is 4. The van der Waals surface area contributed by atoms with Gasteiger partial charge in [-0.3, -0.25) is 4.99 Å². The van der Waals surface area contributed by atoms with Gasteiger partial charge in [-0.15, -0.1) is 24.0 Å². The monoisotopic (exact) mass is 542 g/mol. The van der Waals surface area contributed by atoms with Crippen LogP contribution in [0.25, 0.3) is 0 Å². The van der Waals surface area contributed by atoms with E-state index in [-0.39, 0.29) is 35.6 Å². The van der Waals surface area contributed by atoms with Crippen molar-refractivity contribution in [2.45, 2.75) is 52.0 Å². The quantitative estimate of drug-likeness (QED) is 0.274. The SMILES string of the molecule is CCNC(=NCCc1nc(C(C)C)no1)NC1CCN(CCS(C)(=O)=O)CC1.I. The smallest absolute Gasteiger partial charge is 0.228 e. The molecule has 1 aromatic rings. The molecule has 2 heterocycles. The van der Waals surface area contributed by atoms with Crippen molar-refractivity contribution < 1.29 is 12.9 Å². The molecule has 1 aliphatic heterocycles. The van der Waals surface area contributed by atoms with E-state index in [2.05, 4.69) is 30.7 Å². The Balaban J connectivity index is 0.00000420. The van der Waals surface area contributed by atoms with Crippen LogP contribution in [0.15, 0.2) is 9.52 Å². The summed E-state index contributed by atoms with van der Waals surface area (Å²) in [6.07, 6.45) is 3.84. The molecule has 168 valence electrons. The van der Waals surface area contributed by atoms with E-state index in [9.17, 15) is 8.42 Å². The third-order valence-electron chi connectivity index (χ3n) is 4.65. The maximum Gasteiger partial charge on any atom is 0.228 e. The Morgan fingerprint density at radius 1 is 1.34 bits per heavy atom. The number of aromatic nitrogens is 2. The van der Waals surface area contributed by atoms with Crippen LogP contribution in [0.1, 0.15) is 51.2 Å². The summed E-state index contributed by atoms with van der Waals surface area (Å²) in [5.74, 6) is 2.61. The van der Waals surface area contributed by atoms with Crippen molar-refractivity contribution in [1.82, 2.24) is 25.7 Å². The van der Waals surface area contributed by atoms with Crippen LogP contribution in [0.5, 0.6) is 0 Å². The van der Waals surface area contributed by atoms with Gasteiger partial charge in [0.05, 0.1) is 12.3 Å². The second-order valence-corrected chi connectivity index (χ2v) is 9.86. The lowest BCUT2D eigenvalue weighted by atomic mass is 10.1. The topological polar surface area (TPSA) is 113 Å². The Morgan fingerprint density at radius 3 is 2.59 bits per heavy atom. The maximum atomic E-state index is 11.3. The van der Waals surface area contributed by atoms with Crippen LogP contribution in [-0.4, -0.2) is 80.2 Å². The molecule has 2 N–H and O–H groups in total. The minimum absolute atomic E-state index is 0. The van der Waals surface area contributed by atoms with E-state index in [0.717, 1.165) is 44.3 Å². The first-order chi connectivity index (χ1) is 13.3. The van der Waals surface area contributed by atoms with Gasteiger partial charge < -0.3 is 20.1 Å². The number of nitrogens with one attached hydrogen (secondary N) is 2. The van der Waals surface area contributed by atoms with Crippen LogP contribution in [0.2, 0.25) is 0 Å². The molecule has 2 rings (SSSR count). The van der Waals surface area contributed by atoms with Gasteiger partial charge in [0.25, 0.3) is 0 Å². The lowest BCUT2D eigenvalue weighted by Gasteiger charge is -2.32. The van der Waals surface area contributed by atoms with Crippen LogP contribution >= 0.6 is 24.0 Å². The van der Waals surface area contributed by atoms with E-state index < -0.39 is 9.84 Å². The number of likely N-dealkylation sites (tertiary alicyclic amines) is 1. The summed E-state index contributed by atoms with van der Waals surface area (Å²) in [4.78, 5) is 11.2. The van der Waals surface area contributed by atoms with E-state index in [0.29, 0.717) is 31.4 Å². The number of aliphatic imine (C=N–C) groups is 1. The fourth-order valence-electron chi connectivity index (χ4n) is 2.98. The average Bonchev–Trinajstić information content (AvgIpc) is 3.10. The average molecular weight is 542 g/mol. The molecular formula is C18H35IN6O3S. The molecule has 0 bridgehead atoms. The second-order valence-electron chi connectivity index (χ2n) is 7.60. The van der Waals surface area contributed by atoms with E-state index in [1.165, 1.54) is 6.26 Å². The summed E-state index contributed by atoms with van der Waals surface area (Å²) >= 11 is 0. The Hall–Kier alpha value is -0.950. The Labute approximate surface area is 191 Å². The van der Waals surface area contributed by atoms with Crippen LogP contribution in [0, 0.1) is 0 Å². The molecule has 0 unspecified atom stereocenters. The second kappa shape index (κ2) is 12.7. The Morgan fingerprint density at radius 2 is 2.03 bits per heavy atom. The zero-order valence-electron chi connectivity index (χ0n) is 17.8. The summed E-state index contributed by atoms with van der Waals surface area (Å²) in [7, 11) is -2.90. The lowest BCUT2D eigenvalue weighted by molar-refractivity contribution is 0.216. The van der Waals surface area contributed by atoms with Crippen molar-refractivity contribution in [2.75, 3.05) is 44.7 Å². The number of hydrogen-bond donors (Lipinski definition) is 2. The molecule has 0 aliphatic carbocycles. The highest BCUT2D eigenvalue weighted by molar-refractivity contribution is 14.0. The summed E-state index contributed by atoms with van der Waals surface area (Å²) in [6, 6.07) is 0.336. The minimum Gasteiger partial charge on any atom is -0.357 e. The van der Waals surface area contributed by atoms with Crippen molar-refractivity contribution in [3.63, 3.8) is 0 Å². The molecule has 0 saturated carbocycles. The molecule has 1 saturated heterocycles. The normalized spacial score (nSPS) is 16.7. The lowest BCUT2D eigenvalue weighted by Crippen LogP contribution is -2.49. The van der Waals surface area contributed by atoms with E-state index in [4.69, 9.17) is 4.52 Å². The third kappa shape index (κ3) is 10.1. The number of sulfone groups is 1. The molecule has 1 aliphatic rings. The van der Waals surface area contributed by atoms with Crippen LogP contribution in [0.4, 0.5) is 0 Å². The molecule has 0 aromatic carbocycles. The molecule has 0 amide bonds. The van der Waals surface area contributed by atoms with Crippen LogP contribution in [-0.2, 0) is 16.3 Å². The van der Waals surface area contributed by atoms with Gasteiger partial charge in [0.2, 0.25) is 5.89 Å². The van der Waals surface area contributed by atoms with Crippen molar-refractivity contribution in [1.29, 1.82) is 0 Å². The van der Waals surface area contributed by atoms with Crippen molar-refractivity contribution in [3.8, 4) is 0 Å². The number of piperidine rings is 1. The van der Waals surface area contributed by atoms with Crippen LogP contribution in [0.3, 0.4) is 0 Å². The molecule has 0 atom stereocenters. The summed E-state index contributed by atoms with van der Waals surface area (Å²) in [5, 5.41) is 10.7. The highest BCUT2D eigenvalue weighted by Crippen LogP contribution is 2.11. The molecule has 9 nitrogen and oxygen atoms in total. The Bertz CT molecular complexity index is 730. The first-order valence-electron chi connectivity index (χ1n) is 10.0. The van der Waals surface area contributed by atoms with Gasteiger partial charge in [-0.1, -0.05) is 19.0 Å². The standard InChI is InChI=1S/C18H34N6O3S.HI/c1-5-19-18(20-9-6-16-22-17(14(2)3)23-27-16)21-15-7-10-24(11-8-15)12-13-28(4,25)26;/h14-15H,5-13H2,1-4H3,(H2,19,20,21);1H. The predicted octanol–water partition coefficient (Wildman–Crippen LogP) is 1.42. The van der Waals surface area contributed by atoms with Crippen molar-refractivity contribution in [3.05, 3.63) is 11.7 Å². The maximum absolute atomic E-state index is 11.3. The van der Waals surface area contributed by atoms with Gasteiger partial charge in [0.15, 0.2) is 11.8 Å². The molecule has 0 radical (unpaired) electrons. The number of guanidine groups is 1. The first-order valence-corrected chi connectivity index (χ1v) is 12.1.